The molecule has 7 amide bonds. The van der Waals surface area contributed by atoms with Crippen molar-refractivity contribution in [2.45, 2.75) is 150 Å². The van der Waals surface area contributed by atoms with Gasteiger partial charge in [-0.1, -0.05) is 61.8 Å². The Hall–Kier alpha value is -4.32. The van der Waals surface area contributed by atoms with Crippen LogP contribution in [-0.4, -0.2) is 124 Å². The molecule has 18 nitrogen and oxygen atoms in total. The molecule has 0 bridgehead atoms. The van der Waals surface area contributed by atoms with E-state index in [-0.39, 0.29) is 36.5 Å². The van der Waals surface area contributed by atoms with Crippen LogP contribution in [0.5, 0.6) is 0 Å². The molecule has 0 saturated carbocycles. The first-order chi connectivity index (χ1) is 25.5. The van der Waals surface area contributed by atoms with Crippen LogP contribution in [0.1, 0.15) is 101 Å². The maximum absolute atomic E-state index is 13.5. The van der Waals surface area contributed by atoms with Gasteiger partial charge in [-0.3, -0.25) is 33.6 Å². The molecule has 0 unspecified atom stereocenters. The molecular weight excluding hydrogens is 716 g/mol. The number of carboxylic acids is 1. The van der Waals surface area contributed by atoms with Crippen molar-refractivity contribution in [3.63, 3.8) is 0 Å². The Balaban J connectivity index is 3.04. The highest BCUT2D eigenvalue weighted by molar-refractivity contribution is 5.97. The maximum Gasteiger partial charge on any atom is 0.326 e. The summed E-state index contributed by atoms with van der Waals surface area (Å²) in [6, 6.07) is -7.75. The van der Waals surface area contributed by atoms with Crippen LogP contribution in [0.4, 0.5) is 0 Å². The number of carboxylic acid groups (broad SMARTS) is 1. The molecule has 1 rings (SSSR count). The summed E-state index contributed by atoms with van der Waals surface area (Å²) in [5.41, 5.74) is 5.75. The molecule has 1 fully saturated rings. The van der Waals surface area contributed by atoms with Crippen molar-refractivity contribution < 1.29 is 48.6 Å². The number of nitrogens with zero attached hydrogens (tertiary/aromatic N) is 1. The van der Waals surface area contributed by atoms with Gasteiger partial charge < -0.3 is 52.7 Å². The summed E-state index contributed by atoms with van der Waals surface area (Å²) in [4.78, 5) is 105. The van der Waals surface area contributed by atoms with Crippen LogP contribution < -0.4 is 37.6 Å². The summed E-state index contributed by atoms with van der Waals surface area (Å²) >= 11 is 0. The predicted molar refractivity (Wildman–Crippen MR) is 204 cm³/mol. The molecule has 0 aromatic heterocycles. The van der Waals surface area contributed by atoms with Crippen LogP contribution in [0.2, 0.25) is 0 Å². The van der Waals surface area contributed by atoms with Crippen molar-refractivity contribution in [2.75, 3.05) is 13.1 Å². The summed E-state index contributed by atoms with van der Waals surface area (Å²) < 4.78 is 0. The standard InChI is InChI=1S/C37H66N8O10/c1-11-21(8)29(37(54)55)43-32(49)25(16-19(4)5)40-27(47)17-39-31(48)24(15-18(2)3)41-35(52)30(23(10)46)44-34(51)28(20(6)7)42-33(50)26-13-12-14-45(26)36(53)22(9)38/h18-26,28-30,46H,11-17,38H2,1-10H3,(H,39,48)(H,40,47)(H,41,52)(H,42,50)(H,43,49)(H,44,51)(H,54,55)/t21-,22-,23+,24-,25-,26-,28-,29-,30-/m0/s1. The fourth-order valence-electron chi connectivity index (χ4n) is 6.14. The van der Waals surface area contributed by atoms with Gasteiger partial charge >= 0.3 is 5.97 Å². The Bertz CT molecular complexity index is 1350. The summed E-state index contributed by atoms with van der Waals surface area (Å²) in [5, 5.41) is 35.4. The normalized spacial score (nSPS) is 18.6. The van der Waals surface area contributed by atoms with Gasteiger partial charge in [0.15, 0.2) is 0 Å². The molecule has 55 heavy (non-hydrogen) atoms. The predicted octanol–water partition coefficient (Wildman–Crippen LogP) is -0.875. The lowest BCUT2D eigenvalue weighted by Gasteiger charge is -2.30. The average molecular weight is 783 g/mol. The number of nitrogens with one attached hydrogen (secondary N) is 6. The van der Waals surface area contributed by atoms with Gasteiger partial charge in [-0.15, -0.1) is 0 Å². The van der Waals surface area contributed by atoms with Crippen LogP contribution >= 0.6 is 0 Å². The van der Waals surface area contributed by atoms with E-state index in [9.17, 15) is 48.6 Å². The minimum Gasteiger partial charge on any atom is -0.480 e. The molecule has 0 radical (unpaired) electrons. The minimum absolute atomic E-state index is 0.0498. The number of hydrogen-bond donors (Lipinski definition) is 9. The Kier molecular flexibility index (Phi) is 20.3. The lowest BCUT2D eigenvalue weighted by Crippen LogP contribution is -2.61. The molecular formula is C37H66N8O10. The van der Waals surface area contributed by atoms with E-state index in [1.54, 1.807) is 41.5 Å². The lowest BCUT2D eigenvalue weighted by atomic mass is 9.97. The van der Waals surface area contributed by atoms with Gasteiger partial charge in [0.25, 0.3) is 0 Å². The smallest absolute Gasteiger partial charge is 0.326 e. The molecule has 0 aromatic rings. The highest BCUT2D eigenvalue weighted by Crippen LogP contribution is 2.19. The SMILES string of the molecule is CC[C@H](C)[C@H](NC(=O)[C@H](CC(C)C)NC(=O)CNC(=O)[C@H](CC(C)C)NC(=O)[C@@H](NC(=O)[C@@H](NC(=O)[C@@H]1CCCN1C(=O)[C@H](C)N)C(C)C)[C@@H](C)O)C(=O)O. The van der Waals surface area contributed by atoms with E-state index in [0.717, 1.165) is 0 Å². The number of likely N-dealkylation sites (tertiary alicyclic amines) is 1. The molecule has 18 heteroatoms. The Morgan fingerprint density at radius 2 is 1.24 bits per heavy atom. The topological polar surface area (TPSA) is 278 Å². The highest BCUT2D eigenvalue weighted by atomic mass is 16.4. The van der Waals surface area contributed by atoms with Crippen molar-refractivity contribution in [3.8, 4) is 0 Å². The maximum atomic E-state index is 13.5. The van der Waals surface area contributed by atoms with E-state index >= 15 is 0 Å². The minimum atomic E-state index is -1.54. The first kappa shape index (κ1) is 48.7. The first-order valence-electron chi connectivity index (χ1n) is 19.3. The van der Waals surface area contributed by atoms with Crippen LogP contribution in [0.25, 0.3) is 0 Å². The van der Waals surface area contributed by atoms with Crippen LogP contribution in [0, 0.1) is 23.7 Å². The second-order valence-corrected chi connectivity index (χ2v) is 15.8. The Labute approximate surface area is 324 Å². The van der Waals surface area contributed by atoms with Gasteiger partial charge in [-0.25, -0.2) is 4.79 Å². The molecule has 9 atom stereocenters. The third-order valence-corrected chi connectivity index (χ3v) is 9.44. The van der Waals surface area contributed by atoms with Crippen LogP contribution in [0.3, 0.4) is 0 Å². The number of rotatable bonds is 22. The molecule has 0 aromatic carbocycles. The molecule has 1 aliphatic rings. The third-order valence-electron chi connectivity index (χ3n) is 9.44. The fraction of sp³-hybridized carbons (Fsp3) is 0.784. The third kappa shape index (κ3) is 15.8. The molecule has 1 heterocycles. The summed E-state index contributed by atoms with van der Waals surface area (Å²) in [7, 11) is 0. The monoisotopic (exact) mass is 782 g/mol. The number of nitrogens with two attached hydrogens (primary N) is 1. The molecule has 0 spiro atoms. The first-order valence-corrected chi connectivity index (χ1v) is 19.3. The summed E-state index contributed by atoms with van der Waals surface area (Å²) in [6.07, 6.45) is 0.351. The molecule has 314 valence electrons. The molecule has 1 aliphatic heterocycles. The Morgan fingerprint density at radius 1 is 0.709 bits per heavy atom. The number of hydrogen-bond acceptors (Lipinski definition) is 10. The van der Waals surface area contributed by atoms with Crippen molar-refractivity contribution in [3.05, 3.63) is 0 Å². The van der Waals surface area contributed by atoms with Crippen molar-refractivity contribution in [1.29, 1.82) is 0 Å². The highest BCUT2D eigenvalue weighted by Gasteiger charge is 2.39. The average Bonchev–Trinajstić information content (AvgIpc) is 3.58. The van der Waals surface area contributed by atoms with E-state index in [2.05, 4.69) is 31.9 Å². The zero-order valence-corrected chi connectivity index (χ0v) is 34.1. The van der Waals surface area contributed by atoms with Gasteiger partial charge in [0.05, 0.1) is 18.7 Å². The largest absolute Gasteiger partial charge is 0.480 e. The van der Waals surface area contributed by atoms with Gasteiger partial charge in [-0.2, -0.15) is 0 Å². The van der Waals surface area contributed by atoms with Crippen LogP contribution in [-0.2, 0) is 38.4 Å². The quantitative estimate of drug-likeness (QED) is 0.0651. The molecule has 10 N–H and O–H groups in total. The number of carbonyl (C=O) groups excluding carboxylic acids is 7. The Morgan fingerprint density at radius 3 is 1.71 bits per heavy atom. The second kappa shape index (κ2) is 22.9. The number of aliphatic hydroxyl groups excluding tert-OH is 1. The number of aliphatic hydroxyl groups is 1. The molecule has 0 aliphatic carbocycles. The zero-order valence-electron chi connectivity index (χ0n) is 34.1. The number of carbonyl (C=O) groups is 8. The van der Waals surface area contributed by atoms with E-state index in [0.29, 0.717) is 25.8 Å². The van der Waals surface area contributed by atoms with Gasteiger partial charge in [0, 0.05) is 6.54 Å². The molecule has 1 saturated heterocycles. The fourth-order valence-corrected chi connectivity index (χ4v) is 6.14. The number of amides is 7. The van der Waals surface area contributed by atoms with Crippen LogP contribution in [0.15, 0.2) is 0 Å². The zero-order chi connectivity index (χ0) is 42.3. The second-order valence-electron chi connectivity index (χ2n) is 15.8. The van der Waals surface area contributed by atoms with Crippen molar-refractivity contribution >= 4 is 47.3 Å². The summed E-state index contributed by atoms with van der Waals surface area (Å²) in [6.45, 7) is 16.7. The van der Waals surface area contributed by atoms with Gasteiger partial charge in [0.2, 0.25) is 41.4 Å². The van der Waals surface area contributed by atoms with E-state index in [1.165, 1.54) is 18.7 Å². The van der Waals surface area contributed by atoms with E-state index in [4.69, 9.17) is 5.73 Å². The van der Waals surface area contributed by atoms with E-state index in [1.807, 2.05) is 13.8 Å². The van der Waals surface area contributed by atoms with Gasteiger partial charge in [0.1, 0.15) is 36.3 Å². The number of aliphatic carboxylic acids is 1. The van der Waals surface area contributed by atoms with Crippen molar-refractivity contribution in [2.24, 2.45) is 29.4 Å². The lowest BCUT2D eigenvalue weighted by molar-refractivity contribution is -0.144. The van der Waals surface area contributed by atoms with Crippen molar-refractivity contribution in [1.82, 2.24) is 36.8 Å². The summed E-state index contributed by atoms with van der Waals surface area (Å²) in [5.74, 6) is -6.94. The van der Waals surface area contributed by atoms with E-state index < -0.39 is 102 Å². The van der Waals surface area contributed by atoms with Gasteiger partial charge in [-0.05, 0) is 63.2 Å².